The van der Waals surface area contributed by atoms with Gasteiger partial charge in [-0.2, -0.15) is 0 Å². The Kier molecular flexibility index (Phi) is 6.33. The fraction of sp³-hybridized carbons (Fsp3) is 0.200. The van der Waals surface area contributed by atoms with Gasteiger partial charge in [0, 0.05) is 28.9 Å². The number of ether oxygens (including phenoxy) is 2. The summed E-state index contributed by atoms with van der Waals surface area (Å²) in [5.41, 5.74) is 3.38. The fourth-order valence-corrected chi connectivity index (χ4v) is 3.45. The zero-order chi connectivity index (χ0) is 23.4. The summed E-state index contributed by atoms with van der Waals surface area (Å²) in [5, 5.41) is 9.68. The first-order valence-corrected chi connectivity index (χ1v) is 10.3. The van der Waals surface area contributed by atoms with Gasteiger partial charge in [0.15, 0.2) is 11.7 Å². The molecule has 1 aliphatic heterocycles. The second-order valence-corrected chi connectivity index (χ2v) is 7.21. The topological polar surface area (TPSA) is 114 Å². The third-order valence-corrected chi connectivity index (χ3v) is 5.00. The number of rotatable bonds is 4. The third-order valence-electron chi connectivity index (χ3n) is 5.00. The van der Waals surface area contributed by atoms with Crippen molar-refractivity contribution in [1.82, 2.24) is 9.97 Å². The lowest BCUT2D eigenvalue weighted by molar-refractivity contribution is -0.147. The summed E-state index contributed by atoms with van der Waals surface area (Å²) in [7, 11) is 0. The van der Waals surface area contributed by atoms with Crippen molar-refractivity contribution < 1.29 is 24.2 Å². The van der Waals surface area contributed by atoms with Crippen molar-refractivity contribution in [3.05, 3.63) is 65.2 Å². The highest BCUT2D eigenvalue weighted by atomic mass is 16.5. The van der Waals surface area contributed by atoms with Crippen LogP contribution in [0.25, 0.3) is 17.1 Å². The molecule has 1 aromatic carbocycles. The van der Waals surface area contributed by atoms with E-state index in [2.05, 4.69) is 26.8 Å². The van der Waals surface area contributed by atoms with Gasteiger partial charge in [0.25, 0.3) is 0 Å². The number of nitrogens with one attached hydrogen (secondary N) is 1. The molecule has 3 aromatic rings. The van der Waals surface area contributed by atoms with Crippen molar-refractivity contribution in [2.24, 2.45) is 10.9 Å². The Bertz CT molecular complexity index is 1360. The maximum atomic E-state index is 13.1. The fourth-order valence-electron chi connectivity index (χ4n) is 3.45. The quantitative estimate of drug-likeness (QED) is 0.277. The van der Waals surface area contributed by atoms with Crippen molar-refractivity contribution in [2.75, 3.05) is 13.2 Å². The smallest absolute Gasteiger partial charge is 0.326 e. The molecular formula is C25H21N3O5. The lowest BCUT2D eigenvalue weighted by Gasteiger charge is -2.07. The van der Waals surface area contributed by atoms with Crippen molar-refractivity contribution in [2.45, 2.75) is 13.8 Å². The standard InChI is InChI=1S/C25H21N3O5/c1-3-32-25(31)21-22(30)20(13-17-14-27-23-18(17)7-4-10-26-23)33-24(21)28-19-9-8-16(6-5-11-29)12-15(19)2/h4,7-10,12-14,21,29H,3,11H2,1-2H3,(H,26,27)/b20-13-,28-24?. The van der Waals surface area contributed by atoms with Crippen LogP contribution in [0.15, 0.2) is 53.5 Å². The number of carbonyl (C=O) groups excluding carboxylic acids is 2. The molecule has 2 aromatic heterocycles. The second-order valence-electron chi connectivity index (χ2n) is 7.21. The van der Waals surface area contributed by atoms with Crippen molar-refractivity contribution in [3.8, 4) is 11.8 Å². The number of carbonyl (C=O) groups is 2. The van der Waals surface area contributed by atoms with Gasteiger partial charge in [-0.3, -0.25) is 9.59 Å². The number of esters is 1. The van der Waals surface area contributed by atoms with E-state index < -0.39 is 17.7 Å². The van der Waals surface area contributed by atoms with Gasteiger partial charge in [0.05, 0.1) is 12.3 Å². The Morgan fingerprint density at radius 2 is 2.24 bits per heavy atom. The zero-order valence-electron chi connectivity index (χ0n) is 18.1. The summed E-state index contributed by atoms with van der Waals surface area (Å²) in [5.74, 6) is 2.86. The largest absolute Gasteiger partial charge is 0.465 e. The number of aromatic amines is 1. The molecule has 2 N–H and O–H groups in total. The van der Waals surface area contributed by atoms with Crippen LogP contribution in [-0.4, -0.2) is 45.9 Å². The lowest BCUT2D eigenvalue weighted by Crippen LogP contribution is -2.27. The van der Waals surface area contributed by atoms with Gasteiger partial charge in [-0.25, -0.2) is 9.98 Å². The highest BCUT2D eigenvalue weighted by Crippen LogP contribution is 2.30. The number of hydrogen-bond acceptors (Lipinski definition) is 7. The number of hydrogen-bond donors (Lipinski definition) is 2. The third kappa shape index (κ3) is 4.54. The number of aryl methyl sites for hydroxylation is 1. The Morgan fingerprint density at radius 1 is 1.39 bits per heavy atom. The Balaban J connectivity index is 1.73. The van der Waals surface area contributed by atoms with Crippen LogP contribution in [0.2, 0.25) is 0 Å². The van der Waals surface area contributed by atoms with Gasteiger partial charge in [-0.1, -0.05) is 11.8 Å². The summed E-state index contributed by atoms with van der Waals surface area (Å²) in [4.78, 5) is 37.4. The van der Waals surface area contributed by atoms with E-state index in [-0.39, 0.29) is 24.9 Å². The first kappa shape index (κ1) is 22.0. The molecule has 0 saturated carbocycles. The van der Waals surface area contributed by atoms with Gasteiger partial charge >= 0.3 is 5.97 Å². The number of aliphatic hydroxyl groups excluding tert-OH is 1. The molecule has 1 atom stereocenters. The Labute approximate surface area is 190 Å². The minimum absolute atomic E-state index is 0.000332. The normalized spacial score (nSPS) is 17.8. The zero-order valence-corrected chi connectivity index (χ0v) is 18.1. The highest BCUT2D eigenvalue weighted by Gasteiger charge is 2.44. The number of allylic oxidation sites excluding steroid dienone is 1. The van der Waals surface area contributed by atoms with Crippen LogP contribution in [0, 0.1) is 24.7 Å². The molecule has 0 spiro atoms. The van der Waals surface area contributed by atoms with E-state index in [0.29, 0.717) is 22.5 Å². The molecule has 3 heterocycles. The van der Waals surface area contributed by atoms with Gasteiger partial charge in [0.1, 0.15) is 12.3 Å². The van der Waals surface area contributed by atoms with E-state index in [9.17, 15) is 9.59 Å². The number of benzene rings is 1. The molecule has 0 bridgehead atoms. The van der Waals surface area contributed by atoms with Crippen LogP contribution >= 0.6 is 0 Å². The average molecular weight is 443 g/mol. The molecule has 8 heteroatoms. The first-order valence-electron chi connectivity index (χ1n) is 10.3. The number of aromatic nitrogens is 2. The summed E-state index contributed by atoms with van der Waals surface area (Å²) < 4.78 is 10.9. The number of ketones is 1. The van der Waals surface area contributed by atoms with Crippen LogP contribution in [0.3, 0.4) is 0 Å². The monoisotopic (exact) mass is 443 g/mol. The van der Waals surface area contributed by atoms with Crippen LogP contribution in [0.1, 0.15) is 23.6 Å². The predicted octanol–water partition coefficient (Wildman–Crippen LogP) is 3.06. The van der Waals surface area contributed by atoms with Gasteiger partial charge in [-0.15, -0.1) is 0 Å². The molecule has 1 unspecified atom stereocenters. The first-order chi connectivity index (χ1) is 16.0. The van der Waals surface area contributed by atoms with Crippen molar-refractivity contribution in [3.63, 3.8) is 0 Å². The summed E-state index contributed by atoms with van der Waals surface area (Å²) >= 11 is 0. The molecular weight excluding hydrogens is 422 g/mol. The lowest BCUT2D eigenvalue weighted by atomic mass is 10.0. The van der Waals surface area contributed by atoms with E-state index in [1.165, 1.54) is 0 Å². The number of aliphatic imine (C=N–C) groups is 1. The molecule has 0 radical (unpaired) electrons. The summed E-state index contributed by atoms with van der Waals surface area (Å²) in [6.45, 7) is 3.39. The second kappa shape index (κ2) is 9.51. The van der Waals surface area contributed by atoms with Gasteiger partial charge < -0.3 is 19.6 Å². The molecule has 0 aliphatic carbocycles. The minimum Gasteiger partial charge on any atom is -0.465 e. The molecule has 1 fully saturated rings. The maximum Gasteiger partial charge on any atom is 0.326 e. The Morgan fingerprint density at radius 3 is 3.00 bits per heavy atom. The molecule has 4 rings (SSSR count). The van der Waals surface area contributed by atoms with Gasteiger partial charge in [-0.05, 0) is 55.8 Å². The van der Waals surface area contributed by atoms with E-state index in [4.69, 9.17) is 14.6 Å². The Hall–Kier alpha value is -4.22. The van der Waals surface area contributed by atoms with E-state index in [1.54, 1.807) is 49.7 Å². The number of Topliss-reactive ketones (excluding diaryl/α,β-unsaturated/α-hetero) is 1. The van der Waals surface area contributed by atoms with Crippen LogP contribution in [-0.2, 0) is 19.1 Å². The molecule has 1 saturated heterocycles. The number of pyridine rings is 1. The van der Waals surface area contributed by atoms with Crippen molar-refractivity contribution in [1.29, 1.82) is 0 Å². The molecule has 166 valence electrons. The number of nitrogens with zero attached hydrogens (tertiary/aromatic N) is 2. The summed E-state index contributed by atoms with van der Waals surface area (Å²) in [6.07, 6.45) is 4.95. The highest BCUT2D eigenvalue weighted by molar-refractivity contribution is 6.27. The average Bonchev–Trinajstić information content (AvgIpc) is 3.35. The number of H-pyrrole nitrogens is 1. The summed E-state index contributed by atoms with van der Waals surface area (Å²) in [6, 6.07) is 8.91. The number of aliphatic hydroxyl groups is 1. The van der Waals surface area contributed by atoms with Crippen molar-refractivity contribution >= 4 is 40.4 Å². The molecule has 33 heavy (non-hydrogen) atoms. The molecule has 8 nitrogen and oxygen atoms in total. The SMILES string of the molecule is CCOC(=O)C1C(=O)/C(=C/c2c[nH]c3ncccc23)OC1=Nc1ccc(C#CCO)cc1C. The molecule has 0 amide bonds. The predicted molar refractivity (Wildman–Crippen MR) is 123 cm³/mol. The van der Waals surface area contributed by atoms with E-state index in [1.807, 2.05) is 13.0 Å². The minimum atomic E-state index is -1.28. The van der Waals surface area contributed by atoms with Crippen LogP contribution in [0.5, 0.6) is 0 Å². The van der Waals surface area contributed by atoms with Crippen LogP contribution < -0.4 is 0 Å². The van der Waals surface area contributed by atoms with E-state index >= 15 is 0 Å². The van der Waals surface area contributed by atoms with E-state index in [0.717, 1.165) is 10.9 Å². The number of fused-ring (bicyclic) bond motifs is 1. The van der Waals surface area contributed by atoms with Gasteiger partial charge in [0.2, 0.25) is 11.7 Å². The maximum absolute atomic E-state index is 13.1. The van der Waals surface area contributed by atoms with Crippen LogP contribution in [0.4, 0.5) is 5.69 Å². The molecule has 1 aliphatic rings.